The number of hydrogen-bond acceptors (Lipinski definition) is 5. The number of piperidine rings is 1. The molecule has 1 aliphatic heterocycles. The molecule has 0 radical (unpaired) electrons. The van der Waals surface area contributed by atoms with Crippen LogP contribution in [0.2, 0.25) is 0 Å². The second-order valence-corrected chi connectivity index (χ2v) is 8.92. The molecule has 0 spiro atoms. The molecule has 2 N–H and O–H groups in total. The quantitative estimate of drug-likeness (QED) is 0.503. The predicted octanol–water partition coefficient (Wildman–Crippen LogP) is 3.72. The predicted molar refractivity (Wildman–Crippen MR) is 135 cm³/mol. The maximum atomic E-state index is 12.6. The van der Waals surface area contributed by atoms with Crippen LogP contribution in [0.1, 0.15) is 29.2 Å². The second-order valence-electron chi connectivity index (χ2n) is 8.92. The first-order valence-electron chi connectivity index (χ1n) is 11.7. The number of rotatable bonds is 8. The van der Waals surface area contributed by atoms with Crippen LogP contribution in [0.3, 0.4) is 0 Å². The molecule has 1 aliphatic rings. The third-order valence-corrected chi connectivity index (χ3v) is 5.92. The Morgan fingerprint density at radius 2 is 1.83 bits per heavy atom. The summed E-state index contributed by atoms with van der Waals surface area (Å²) in [7, 11) is 3.92. The molecule has 8 heteroatoms. The molecule has 0 saturated carbocycles. The van der Waals surface area contributed by atoms with Gasteiger partial charge in [0, 0.05) is 37.5 Å². The topological polar surface area (TPSA) is 93.7 Å². The minimum absolute atomic E-state index is 0.00643. The van der Waals surface area contributed by atoms with E-state index in [2.05, 4.69) is 0 Å². The van der Waals surface area contributed by atoms with E-state index in [4.69, 9.17) is 15.6 Å². The van der Waals surface area contributed by atoms with E-state index in [-0.39, 0.29) is 11.9 Å². The zero-order valence-corrected chi connectivity index (χ0v) is 20.1. The molecule has 1 saturated heterocycles. The number of carbonyl (C=O) groups excluding carboxylic acids is 2. The average molecular weight is 474 g/mol. The largest absolute Gasteiger partial charge is 0.457 e. The molecule has 1 fully saturated rings. The van der Waals surface area contributed by atoms with Gasteiger partial charge in [-0.2, -0.15) is 5.10 Å². The molecule has 3 aromatic rings. The molecule has 35 heavy (non-hydrogen) atoms. The summed E-state index contributed by atoms with van der Waals surface area (Å²) in [5.74, 6) is 0.887. The summed E-state index contributed by atoms with van der Waals surface area (Å²) < 4.78 is 7.64. The first kappa shape index (κ1) is 24.2. The van der Waals surface area contributed by atoms with Crippen molar-refractivity contribution in [3.05, 3.63) is 78.5 Å². The van der Waals surface area contributed by atoms with Gasteiger partial charge in [-0.05, 0) is 63.3 Å². The Labute approximate surface area is 205 Å². The van der Waals surface area contributed by atoms with Gasteiger partial charge in [0.1, 0.15) is 17.2 Å². The number of amides is 2. The third-order valence-electron chi connectivity index (χ3n) is 5.92. The summed E-state index contributed by atoms with van der Waals surface area (Å²) in [5, 5.41) is 4.73. The summed E-state index contributed by atoms with van der Waals surface area (Å²) in [6, 6.07) is 16.9. The number of aromatic nitrogens is 2. The van der Waals surface area contributed by atoms with Crippen molar-refractivity contribution in [2.75, 3.05) is 33.7 Å². The number of likely N-dealkylation sites (tertiary alicyclic amines) is 1. The minimum atomic E-state index is -0.536. The number of ether oxygens (including phenoxy) is 1. The van der Waals surface area contributed by atoms with E-state index in [0.717, 1.165) is 24.2 Å². The normalized spacial score (nSPS) is 16.1. The van der Waals surface area contributed by atoms with Crippen LogP contribution in [0.5, 0.6) is 11.5 Å². The van der Waals surface area contributed by atoms with E-state index >= 15 is 0 Å². The molecule has 4 rings (SSSR count). The summed E-state index contributed by atoms with van der Waals surface area (Å²) in [4.78, 5) is 28.7. The third kappa shape index (κ3) is 6.16. The Kier molecular flexibility index (Phi) is 7.62. The van der Waals surface area contributed by atoms with Gasteiger partial charge < -0.3 is 20.3 Å². The van der Waals surface area contributed by atoms with Crippen LogP contribution in [-0.2, 0) is 4.79 Å². The van der Waals surface area contributed by atoms with E-state index in [1.807, 2.05) is 84.6 Å². The monoisotopic (exact) mass is 473 g/mol. The average Bonchev–Trinajstić information content (AvgIpc) is 3.31. The molecule has 0 bridgehead atoms. The van der Waals surface area contributed by atoms with Gasteiger partial charge in [0.2, 0.25) is 5.91 Å². The van der Waals surface area contributed by atoms with Crippen LogP contribution in [0.4, 0.5) is 0 Å². The maximum absolute atomic E-state index is 12.6. The van der Waals surface area contributed by atoms with E-state index in [1.54, 1.807) is 17.0 Å². The van der Waals surface area contributed by atoms with Crippen LogP contribution < -0.4 is 10.5 Å². The zero-order chi connectivity index (χ0) is 24.8. The van der Waals surface area contributed by atoms with Crippen molar-refractivity contribution in [2.24, 2.45) is 5.73 Å². The van der Waals surface area contributed by atoms with Gasteiger partial charge in [-0.3, -0.25) is 14.3 Å². The van der Waals surface area contributed by atoms with Crippen LogP contribution in [0.15, 0.2) is 72.9 Å². The molecule has 1 atom stereocenters. The van der Waals surface area contributed by atoms with Crippen molar-refractivity contribution in [2.45, 2.75) is 18.9 Å². The number of likely N-dealkylation sites (N-methyl/N-ethyl adjacent to an activating group) is 1. The first-order valence-corrected chi connectivity index (χ1v) is 11.7. The smallest absolute Gasteiger partial charge is 0.252 e. The van der Waals surface area contributed by atoms with Crippen molar-refractivity contribution in [1.82, 2.24) is 19.6 Å². The summed E-state index contributed by atoms with van der Waals surface area (Å²) in [6.45, 7) is 1.96. The lowest BCUT2D eigenvalue weighted by molar-refractivity contribution is -0.127. The number of benzene rings is 2. The highest BCUT2D eigenvalue weighted by Gasteiger charge is 2.26. The van der Waals surface area contributed by atoms with Gasteiger partial charge in [0.05, 0.1) is 11.6 Å². The highest BCUT2D eigenvalue weighted by Crippen LogP contribution is 2.29. The number of nitrogens with zero attached hydrogens (tertiary/aromatic N) is 4. The minimum Gasteiger partial charge on any atom is -0.457 e. The van der Waals surface area contributed by atoms with Crippen LogP contribution in [0.25, 0.3) is 11.3 Å². The SMILES string of the molecule is CN(C)C/C=C/C(=O)N1CCC[C@@H](n2cc(C(N)=O)c(-c3ccc(Oc4ccccc4)cc3)n2)C1. The van der Waals surface area contributed by atoms with Gasteiger partial charge >= 0.3 is 0 Å². The van der Waals surface area contributed by atoms with Gasteiger partial charge in [-0.25, -0.2) is 0 Å². The van der Waals surface area contributed by atoms with Crippen molar-refractivity contribution in [1.29, 1.82) is 0 Å². The molecule has 182 valence electrons. The highest BCUT2D eigenvalue weighted by molar-refractivity contribution is 5.98. The number of para-hydroxylation sites is 1. The lowest BCUT2D eigenvalue weighted by Gasteiger charge is -2.32. The van der Waals surface area contributed by atoms with Crippen LogP contribution >= 0.6 is 0 Å². The highest BCUT2D eigenvalue weighted by atomic mass is 16.5. The van der Waals surface area contributed by atoms with Gasteiger partial charge in [0.25, 0.3) is 5.91 Å². The lowest BCUT2D eigenvalue weighted by Crippen LogP contribution is -2.40. The van der Waals surface area contributed by atoms with Crippen LogP contribution in [-0.4, -0.2) is 65.1 Å². The molecule has 1 aromatic heterocycles. The maximum Gasteiger partial charge on any atom is 0.252 e. The second kappa shape index (κ2) is 11.0. The molecule has 2 amide bonds. The Hall–Kier alpha value is -3.91. The first-order chi connectivity index (χ1) is 16.9. The van der Waals surface area contributed by atoms with E-state index in [1.165, 1.54) is 0 Å². The summed E-state index contributed by atoms with van der Waals surface area (Å²) >= 11 is 0. The van der Waals surface area contributed by atoms with E-state index in [0.29, 0.717) is 36.6 Å². The molecule has 0 aliphatic carbocycles. The number of primary amides is 1. The fourth-order valence-electron chi connectivity index (χ4n) is 4.12. The van der Waals surface area contributed by atoms with Gasteiger partial charge in [0.15, 0.2) is 0 Å². The van der Waals surface area contributed by atoms with Crippen LogP contribution in [0, 0.1) is 0 Å². The van der Waals surface area contributed by atoms with Crippen molar-refractivity contribution in [3.8, 4) is 22.8 Å². The van der Waals surface area contributed by atoms with Crippen molar-refractivity contribution >= 4 is 11.8 Å². The molecule has 2 aromatic carbocycles. The summed E-state index contributed by atoms with van der Waals surface area (Å²) in [5.41, 5.74) is 7.34. The van der Waals surface area contributed by atoms with Gasteiger partial charge in [-0.15, -0.1) is 0 Å². The zero-order valence-electron chi connectivity index (χ0n) is 20.1. The van der Waals surface area contributed by atoms with Crippen molar-refractivity contribution < 1.29 is 14.3 Å². The van der Waals surface area contributed by atoms with Gasteiger partial charge in [-0.1, -0.05) is 24.3 Å². The fraction of sp³-hybridized carbons (Fsp3) is 0.296. The number of hydrogen-bond donors (Lipinski definition) is 1. The number of carbonyl (C=O) groups is 2. The van der Waals surface area contributed by atoms with E-state index in [9.17, 15) is 9.59 Å². The fourth-order valence-corrected chi connectivity index (χ4v) is 4.12. The molecule has 8 nitrogen and oxygen atoms in total. The molecule has 0 unspecified atom stereocenters. The Morgan fingerprint density at radius 3 is 2.51 bits per heavy atom. The standard InChI is InChI=1S/C27H31N5O3/c1-30(2)16-7-11-25(33)31-17-6-8-21(18-31)32-19-24(27(28)34)26(29-32)20-12-14-23(15-13-20)35-22-9-4-3-5-10-22/h3-5,7,9-15,19,21H,6,8,16-18H2,1-2H3,(H2,28,34)/b11-7+/t21-/m1/s1. The Bertz CT molecular complexity index is 1190. The lowest BCUT2D eigenvalue weighted by atomic mass is 10.1. The Balaban J connectivity index is 1.51. The molecular weight excluding hydrogens is 442 g/mol. The summed E-state index contributed by atoms with van der Waals surface area (Å²) in [6.07, 6.45) is 6.94. The Morgan fingerprint density at radius 1 is 1.11 bits per heavy atom. The number of nitrogens with two attached hydrogens (primary N) is 1. The van der Waals surface area contributed by atoms with Crippen molar-refractivity contribution in [3.63, 3.8) is 0 Å². The molecular formula is C27H31N5O3. The van der Waals surface area contributed by atoms with E-state index < -0.39 is 5.91 Å². The molecule has 2 heterocycles.